The van der Waals surface area contributed by atoms with Gasteiger partial charge in [0.05, 0.1) is 5.92 Å². The fourth-order valence-corrected chi connectivity index (χ4v) is 3.06. The second kappa shape index (κ2) is 10.3. The summed E-state index contributed by atoms with van der Waals surface area (Å²) in [7, 11) is 1.52. The number of nitrogens with zero attached hydrogens (tertiary/aromatic N) is 1. The average molecular weight is 491 g/mol. The van der Waals surface area contributed by atoms with E-state index in [0.717, 1.165) is 18.2 Å². The van der Waals surface area contributed by atoms with E-state index in [1.165, 1.54) is 7.05 Å². The van der Waals surface area contributed by atoms with Crippen molar-refractivity contribution in [2.24, 2.45) is 10.9 Å². The maximum absolute atomic E-state index is 13.6. The molecule has 0 amide bonds. The molecule has 0 heterocycles. The van der Waals surface area contributed by atoms with Crippen LogP contribution in [0.3, 0.4) is 0 Å². The molecular formula is C17H23F5IN3. The first kappa shape index (κ1) is 22.9. The predicted molar refractivity (Wildman–Crippen MR) is 102 cm³/mol. The van der Waals surface area contributed by atoms with Gasteiger partial charge in [-0.15, -0.1) is 24.0 Å². The van der Waals surface area contributed by atoms with Gasteiger partial charge in [-0.25, -0.2) is 8.78 Å². The van der Waals surface area contributed by atoms with Crippen molar-refractivity contribution < 1.29 is 22.0 Å². The van der Waals surface area contributed by atoms with Crippen LogP contribution in [0, 0.1) is 17.6 Å². The Labute approximate surface area is 166 Å². The van der Waals surface area contributed by atoms with E-state index in [-0.39, 0.29) is 61.4 Å². The van der Waals surface area contributed by atoms with Crippen LogP contribution in [-0.2, 0) is 6.42 Å². The van der Waals surface area contributed by atoms with Crippen LogP contribution in [0.5, 0.6) is 0 Å². The Hall–Kier alpha value is -1.13. The first-order valence-electron chi connectivity index (χ1n) is 8.27. The molecule has 148 valence electrons. The Morgan fingerprint density at radius 3 is 2.62 bits per heavy atom. The second-order valence-corrected chi connectivity index (χ2v) is 6.23. The summed E-state index contributed by atoms with van der Waals surface area (Å²) in [6, 6.07) is 2.93. The molecule has 1 aromatic rings. The highest BCUT2D eigenvalue weighted by atomic mass is 127. The molecule has 0 bridgehead atoms. The van der Waals surface area contributed by atoms with Gasteiger partial charge >= 0.3 is 6.18 Å². The van der Waals surface area contributed by atoms with E-state index in [9.17, 15) is 22.0 Å². The number of aliphatic imine (C=N–C) groups is 1. The third-order valence-corrected chi connectivity index (χ3v) is 4.40. The van der Waals surface area contributed by atoms with Crippen LogP contribution < -0.4 is 10.6 Å². The molecule has 3 nitrogen and oxygen atoms in total. The molecule has 2 N–H and O–H groups in total. The molecule has 0 aromatic heterocycles. The molecule has 2 atom stereocenters. The first-order valence-corrected chi connectivity index (χ1v) is 8.27. The van der Waals surface area contributed by atoms with Gasteiger partial charge in [-0.1, -0.05) is 6.42 Å². The van der Waals surface area contributed by atoms with Gasteiger partial charge < -0.3 is 10.6 Å². The van der Waals surface area contributed by atoms with Crippen molar-refractivity contribution in [3.8, 4) is 0 Å². The van der Waals surface area contributed by atoms with Crippen molar-refractivity contribution in [1.82, 2.24) is 10.6 Å². The molecule has 0 radical (unpaired) electrons. The van der Waals surface area contributed by atoms with E-state index in [2.05, 4.69) is 15.6 Å². The van der Waals surface area contributed by atoms with Crippen LogP contribution in [-0.4, -0.2) is 31.8 Å². The van der Waals surface area contributed by atoms with Crippen molar-refractivity contribution in [2.75, 3.05) is 13.6 Å². The summed E-state index contributed by atoms with van der Waals surface area (Å²) in [5, 5.41) is 5.93. The van der Waals surface area contributed by atoms with Gasteiger partial charge in [0.25, 0.3) is 0 Å². The minimum absolute atomic E-state index is 0. The molecule has 2 unspecified atom stereocenters. The Balaban J connectivity index is 0.00000338. The van der Waals surface area contributed by atoms with E-state index in [1.807, 2.05) is 0 Å². The number of benzene rings is 1. The van der Waals surface area contributed by atoms with Crippen molar-refractivity contribution in [3.63, 3.8) is 0 Å². The van der Waals surface area contributed by atoms with Crippen LogP contribution in [0.25, 0.3) is 0 Å². The number of alkyl halides is 3. The average Bonchev–Trinajstić information content (AvgIpc) is 2.56. The summed E-state index contributed by atoms with van der Waals surface area (Å²) in [6.07, 6.45) is -2.61. The molecule has 0 spiro atoms. The smallest absolute Gasteiger partial charge is 0.356 e. The molecule has 26 heavy (non-hydrogen) atoms. The molecular weight excluding hydrogens is 468 g/mol. The zero-order valence-corrected chi connectivity index (χ0v) is 16.7. The fourth-order valence-electron chi connectivity index (χ4n) is 3.06. The van der Waals surface area contributed by atoms with Crippen LogP contribution in [0.15, 0.2) is 23.2 Å². The molecule has 1 aliphatic carbocycles. The molecule has 0 aliphatic heterocycles. The summed E-state index contributed by atoms with van der Waals surface area (Å²) < 4.78 is 65.2. The number of hydrogen-bond acceptors (Lipinski definition) is 1. The molecule has 2 rings (SSSR count). The molecule has 0 saturated heterocycles. The zero-order chi connectivity index (χ0) is 18.4. The number of nitrogens with one attached hydrogen (secondary N) is 2. The molecule has 1 aromatic carbocycles. The summed E-state index contributed by atoms with van der Waals surface area (Å²) in [5.74, 6) is -1.94. The maximum Gasteiger partial charge on any atom is 0.391 e. The standard InChI is InChI=1S/C17H22F5N3.HI/c1-23-16(24-8-7-11-9-13(18)5-6-15(11)19)25-14-4-2-3-12(10-14)17(20,21)22;/h5-6,9,12,14H,2-4,7-8,10H2,1H3,(H2,23,24,25);1H. The fraction of sp³-hybridized carbons (Fsp3) is 0.588. The minimum Gasteiger partial charge on any atom is -0.356 e. The highest BCUT2D eigenvalue weighted by Gasteiger charge is 2.42. The van der Waals surface area contributed by atoms with Crippen molar-refractivity contribution in [2.45, 2.75) is 44.3 Å². The van der Waals surface area contributed by atoms with Gasteiger partial charge in [0, 0.05) is 19.6 Å². The Morgan fingerprint density at radius 1 is 1.23 bits per heavy atom. The third kappa shape index (κ3) is 6.88. The van der Waals surface area contributed by atoms with E-state index < -0.39 is 23.7 Å². The Kier molecular flexibility index (Phi) is 9.05. The van der Waals surface area contributed by atoms with Crippen LogP contribution in [0.4, 0.5) is 22.0 Å². The number of guanidine groups is 1. The lowest BCUT2D eigenvalue weighted by Gasteiger charge is -2.31. The van der Waals surface area contributed by atoms with Gasteiger partial charge in [0.2, 0.25) is 0 Å². The van der Waals surface area contributed by atoms with Crippen molar-refractivity contribution in [3.05, 3.63) is 35.4 Å². The summed E-state index contributed by atoms with van der Waals surface area (Å²) in [5.41, 5.74) is 0.234. The zero-order valence-electron chi connectivity index (χ0n) is 14.4. The first-order chi connectivity index (χ1) is 11.8. The monoisotopic (exact) mass is 491 g/mol. The SMILES string of the molecule is CN=C(NCCc1cc(F)ccc1F)NC1CCCC(C(F)(F)F)C1.I. The number of rotatable bonds is 4. The maximum atomic E-state index is 13.6. The lowest BCUT2D eigenvalue weighted by Crippen LogP contribution is -2.47. The largest absolute Gasteiger partial charge is 0.391 e. The predicted octanol–water partition coefficient (Wildman–Crippen LogP) is 4.41. The molecule has 9 heteroatoms. The third-order valence-electron chi connectivity index (χ3n) is 4.40. The lowest BCUT2D eigenvalue weighted by molar-refractivity contribution is -0.183. The highest BCUT2D eigenvalue weighted by molar-refractivity contribution is 14.0. The normalized spacial score (nSPS) is 21.1. The molecule has 1 fully saturated rings. The second-order valence-electron chi connectivity index (χ2n) is 6.23. The minimum atomic E-state index is -4.17. The van der Waals surface area contributed by atoms with Gasteiger partial charge in [0.15, 0.2) is 5.96 Å². The summed E-state index contributed by atoms with van der Waals surface area (Å²) in [6.45, 7) is 0.287. The van der Waals surface area contributed by atoms with Gasteiger partial charge in [-0.2, -0.15) is 13.2 Å². The van der Waals surface area contributed by atoms with E-state index in [4.69, 9.17) is 0 Å². The number of halogens is 6. The van der Waals surface area contributed by atoms with Crippen LogP contribution >= 0.6 is 24.0 Å². The molecule has 1 saturated carbocycles. The van der Waals surface area contributed by atoms with Crippen LogP contribution in [0.2, 0.25) is 0 Å². The van der Waals surface area contributed by atoms with Crippen molar-refractivity contribution >= 4 is 29.9 Å². The Morgan fingerprint density at radius 2 is 1.96 bits per heavy atom. The van der Waals surface area contributed by atoms with Gasteiger partial charge in [-0.05, 0) is 49.4 Å². The lowest BCUT2D eigenvalue weighted by atomic mass is 9.85. The summed E-state index contributed by atoms with van der Waals surface area (Å²) >= 11 is 0. The van der Waals surface area contributed by atoms with Crippen molar-refractivity contribution in [1.29, 1.82) is 0 Å². The van der Waals surface area contributed by atoms with Gasteiger partial charge in [0.1, 0.15) is 11.6 Å². The molecule has 1 aliphatic rings. The van der Waals surface area contributed by atoms with Crippen LogP contribution in [0.1, 0.15) is 31.2 Å². The number of hydrogen-bond donors (Lipinski definition) is 2. The van der Waals surface area contributed by atoms with E-state index in [1.54, 1.807) is 0 Å². The van der Waals surface area contributed by atoms with E-state index >= 15 is 0 Å². The highest BCUT2D eigenvalue weighted by Crippen LogP contribution is 2.37. The summed E-state index contributed by atoms with van der Waals surface area (Å²) in [4.78, 5) is 3.99. The quantitative estimate of drug-likeness (QED) is 0.284. The topological polar surface area (TPSA) is 36.4 Å². The van der Waals surface area contributed by atoms with Gasteiger partial charge in [-0.3, -0.25) is 4.99 Å². The Bertz CT molecular complexity index is 607. The van der Waals surface area contributed by atoms with E-state index in [0.29, 0.717) is 18.8 Å².